The number of rotatable bonds is 6. The maximum atomic E-state index is 15.0. The van der Waals surface area contributed by atoms with Gasteiger partial charge in [0.25, 0.3) is 11.8 Å². The zero-order chi connectivity index (χ0) is 20.1. The van der Waals surface area contributed by atoms with E-state index in [1.807, 2.05) is 0 Å². The number of benzene rings is 1. The Labute approximate surface area is 161 Å². The molecule has 0 unspecified atom stereocenters. The standard InChI is InChI=1S/C19H22FN5O3/c1-28-18-16(20)12(6-8-22-18)14-11(3-2-7-21)4-5-13(26)15(14)17(27)25-19-23-9-10-24-19/h4-6,8,26H,2-3,7,9-10,21H2,1H3,(H2,23,24,25,27). The van der Waals surface area contributed by atoms with E-state index < -0.39 is 11.7 Å². The zero-order valence-corrected chi connectivity index (χ0v) is 15.5. The molecule has 2 heterocycles. The Hall–Kier alpha value is -3.20. The van der Waals surface area contributed by atoms with Crippen LogP contribution >= 0.6 is 0 Å². The molecule has 148 valence electrons. The second kappa shape index (κ2) is 8.66. The number of amides is 1. The van der Waals surface area contributed by atoms with E-state index in [0.29, 0.717) is 44.0 Å². The fourth-order valence-corrected chi connectivity index (χ4v) is 3.08. The molecule has 0 aliphatic carbocycles. The van der Waals surface area contributed by atoms with E-state index in [-0.39, 0.29) is 28.3 Å². The summed E-state index contributed by atoms with van der Waals surface area (Å²) in [6.07, 6.45) is 2.53. The molecule has 0 saturated carbocycles. The van der Waals surface area contributed by atoms with Crippen LogP contribution < -0.4 is 21.1 Å². The number of hydrogen-bond donors (Lipinski definition) is 4. The van der Waals surface area contributed by atoms with E-state index >= 15 is 0 Å². The maximum Gasteiger partial charge on any atom is 0.262 e. The Balaban J connectivity index is 2.16. The fraction of sp³-hybridized carbons (Fsp3) is 0.316. The van der Waals surface area contributed by atoms with Crippen molar-refractivity contribution in [1.29, 1.82) is 0 Å². The average molecular weight is 387 g/mol. The highest BCUT2D eigenvalue weighted by atomic mass is 19.1. The molecule has 2 aromatic rings. The van der Waals surface area contributed by atoms with Crippen molar-refractivity contribution in [1.82, 2.24) is 15.6 Å². The summed E-state index contributed by atoms with van der Waals surface area (Å²) >= 11 is 0. The van der Waals surface area contributed by atoms with Crippen LogP contribution in [0.4, 0.5) is 4.39 Å². The molecule has 1 aromatic heterocycles. The molecule has 3 rings (SSSR count). The number of nitrogens with two attached hydrogens (primary N) is 1. The van der Waals surface area contributed by atoms with E-state index in [4.69, 9.17) is 10.5 Å². The summed E-state index contributed by atoms with van der Waals surface area (Å²) in [6, 6.07) is 4.53. The number of methoxy groups -OCH3 is 1. The number of phenolic OH excluding ortho intramolecular Hbond substituents is 1. The van der Waals surface area contributed by atoms with Gasteiger partial charge in [-0.25, -0.2) is 9.37 Å². The number of nitrogens with one attached hydrogen (secondary N) is 2. The van der Waals surface area contributed by atoms with Crippen LogP contribution in [-0.2, 0) is 6.42 Å². The van der Waals surface area contributed by atoms with Gasteiger partial charge in [0.2, 0.25) is 0 Å². The van der Waals surface area contributed by atoms with E-state index in [1.165, 1.54) is 25.4 Å². The first-order chi connectivity index (χ1) is 13.6. The van der Waals surface area contributed by atoms with Crippen LogP contribution in [0.3, 0.4) is 0 Å². The minimum absolute atomic E-state index is 0.0434. The van der Waals surface area contributed by atoms with E-state index in [2.05, 4.69) is 20.6 Å². The highest BCUT2D eigenvalue weighted by molar-refractivity contribution is 6.11. The Morgan fingerprint density at radius 1 is 1.43 bits per heavy atom. The number of halogens is 1. The van der Waals surface area contributed by atoms with Crippen LogP contribution in [0.1, 0.15) is 22.3 Å². The Morgan fingerprint density at radius 2 is 2.25 bits per heavy atom. The monoisotopic (exact) mass is 387 g/mol. The molecule has 0 spiro atoms. The minimum atomic E-state index is -0.713. The summed E-state index contributed by atoms with van der Waals surface area (Å²) in [5.74, 6) is -1.45. The van der Waals surface area contributed by atoms with Crippen molar-refractivity contribution in [3.8, 4) is 22.8 Å². The van der Waals surface area contributed by atoms with Crippen molar-refractivity contribution in [2.24, 2.45) is 10.7 Å². The summed E-state index contributed by atoms with van der Waals surface area (Å²) < 4.78 is 19.9. The van der Waals surface area contributed by atoms with Crippen LogP contribution in [0.15, 0.2) is 29.4 Å². The number of phenols is 1. The van der Waals surface area contributed by atoms with Gasteiger partial charge in [-0.05, 0) is 37.1 Å². The summed E-state index contributed by atoms with van der Waals surface area (Å²) in [7, 11) is 1.31. The summed E-state index contributed by atoms with van der Waals surface area (Å²) in [6.45, 7) is 1.59. The number of guanidine groups is 1. The lowest BCUT2D eigenvalue weighted by molar-refractivity contribution is 0.0974. The second-order valence-corrected chi connectivity index (χ2v) is 6.18. The molecule has 28 heavy (non-hydrogen) atoms. The zero-order valence-electron chi connectivity index (χ0n) is 15.5. The lowest BCUT2D eigenvalue weighted by Gasteiger charge is -2.17. The molecule has 0 saturated heterocycles. The van der Waals surface area contributed by atoms with Crippen molar-refractivity contribution in [3.05, 3.63) is 41.3 Å². The molecule has 1 amide bonds. The normalized spacial score (nSPS) is 13.0. The second-order valence-electron chi connectivity index (χ2n) is 6.18. The molecule has 0 fully saturated rings. The third kappa shape index (κ3) is 3.89. The van der Waals surface area contributed by atoms with Gasteiger partial charge in [0.1, 0.15) is 5.75 Å². The van der Waals surface area contributed by atoms with Crippen LogP contribution in [0.5, 0.6) is 11.6 Å². The number of nitrogens with zero attached hydrogens (tertiary/aromatic N) is 2. The van der Waals surface area contributed by atoms with Gasteiger partial charge in [-0.3, -0.25) is 15.1 Å². The Kier molecular flexibility index (Phi) is 6.05. The fourth-order valence-electron chi connectivity index (χ4n) is 3.08. The number of hydrogen-bond acceptors (Lipinski definition) is 7. The molecular weight excluding hydrogens is 365 g/mol. The third-order valence-corrected chi connectivity index (χ3v) is 4.37. The van der Waals surface area contributed by atoms with Gasteiger partial charge >= 0.3 is 0 Å². The van der Waals surface area contributed by atoms with Crippen molar-refractivity contribution in [2.45, 2.75) is 12.8 Å². The Bertz CT molecular complexity index is 917. The molecule has 1 aliphatic heterocycles. The van der Waals surface area contributed by atoms with Gasteiger partial charge < -0.3 is 20.9 Å². The van der Waals surface area contributed by atoms with Crippen molar-refractivity contribution >= 4 is 11.9 Å². The SMILES string of the molecule is COc1nccc(-c2c(CCCN)ccc(O)c2C(=O)NC2=NCCN2)c1F. The highest BCUT2D eigenvalue weighted by Crippen LogP contribution is 2.37. The van der Waals surface area contributed by atoms with Crippen molar-refractivity contribution < 1.29 is 19.0 Å². The van der Waals surface area contributed by atoms with E-state index in [0.717, 1.165) is 0 Å². The predicted octanol–water partition coefficient (Wildman–Crippen LogP) is 1.18. The summed E-state index contributed by atoms with van der Waals surface area (Å²) in [4.78, 5) is 20.9. The first-order valence-electron chi connectivity index (χ1n) is 8.90. The smallest absolute Gasteiger partial charge is 0.262 e. The van der Waals surface area contributed by atoms with Gasteiger partial charge in [0.05, 0.1) is 19.2 Å². The molecule has 0 radical (unpaired) electrons. The largest absolute Gasteiger partial charge is 0.507 e. The summed E-state index contributed by atoms with van der Waals surface area (Å²) in [5.41, 5.74) is 6.65. The van der Waals surface area contributed by atoms with Crippen LogP contribution in [0.25, 0.3) is 11.1 Å². The number of ether oxygens (including phenoxy) is 1. The molecule has 9 heteroatoms. The van der Waals surface area contributed by atoms with Gasteiger partial charge in [-0.2, -0.15) is 0 Å². The number of pyridine rings is 1. The van der Waals surface area contributed by atoms with Gasteiger partial charge in [-0.15, -0.1) is 0 Å². The molecular formula is C19H22FN5O3. The molecule has 8 nitrogen and oxygen atoms in total. The first-order valence-corrected chi connectivity index (χ1v) is 8.90. The number of carbonyl (C=O) groups is 1. The molecule has 1 aromatic carbocycles. The van der Waals surface area contributed by atoms with E-state index in [1.54, 1.807) is 6.07 Å². The van der Waals surface area contributed by atoms with Gasteiger partial charge in [-0.1, -0.05) is 6.07 Å². The molecule has 0 bridgehead atoms. The molecule has 1 aliphatic rings. The first kappa shape index (κ1) is 19.6. The predicted molar refractivity (Wildman–Crippen MR) is 103 cm³/mol. The van der Waals surface area contributed by atoms with Crippen LogP contribution in [-0.4, -0.2) is 48.7 Å². The quantitative estimate of drug-likeness (QED) is 0.591. The van der Waals surface area contributed by atoms with Crippen LogP contribution in [0, 0.1) is 5.82 Å². The van der Waals surface area contributed by atoms with Crippen molar-refractivity contribution in [2.75, 3.05) is 26.7 Å². The summed E-state index contributed by atoms with van der Waals surface area (Å²) in [5, 5.41) is 16.0. The van der Waals surface area contributed by atoms with Crippen LogP contribution in [0.2, 0.25) is 0 Å². The minimum Gasteiger partial charge on any atom is -0.507 e. The lowest BCUT2D eigenvalue weighted by Crippen LogP contribution is -2.38. The maximum absolute atomic E-state index is 15.0. The third-order valence-electron chi connectivity index (χ3n) is 4.37. The number of aryl methyl sites for hydroxylation is 1. The number of carbonyl (C=O) groups excluding carboxylic acids is 1. The lowest BCUT2D eigenvalue weighted by atomic mass is 9.91. The molecule has 5 N–H and O–H groups in total. The topological polar surface area (TPSA) is 122 Å². The van der Waals surface area contributed by atoms with Gasteiger partial charge in [0, 0.05) is 23.9 Å². The highest BCUT2D eigenvalue weighted by Gasteiger charge is 2.25. The number of aliphatic imine (C=N–C) groups is 1. The number of aromatic hydroxyl groups is 1. The van der Waals surface area contributed by atoms with E-state index in [9.17, 15) is 14.3 Å². The van der Waals surface area contributed by atoms with Crippen molar-refractivity contribution in [3.63, 3.8) is 0 Å². The average Bonchev–Trinajstić information content (AvgIpc) is 3.20. The number of aromatic nitrogens is 1. The molecule has 0 atom stereocenters. The van der Waals surface area contributed by atoms with Gasteiger partial charge in [0.15, 0.2) is 11.8 Å². The Morgan fingerprint density at radius 3 is 2.93 bits per heavy atom.